The minimum absolute atomic E-state index is 0.414. The van der Waals surface area contributed by atoms with Gasteiger partial charge in [-0.3, -0.25) is 10.1 Å². The summed E-state index contributed by atoms with van der Waals surface area (Å²) >= 11 is 0. The van der Waals surface area contributed by atoms with Crippen molar-refractivity contribution < 1.29 is 9.90 Å². The monoisotopic (exact) mass is 384 g/mol. The lowest BCUT2D eigenvalue weighted by molar-refractivity contribution is -0.139. The Kier molecular flexibility index (Phi) is 6.06. The van der Waals surface area contributed by atoms with Crippen molar-refractivity contribution in [3.05, 3.63) is 115 Å². The third kappa shape index (κ3) is 4.74. The first-order chi connectivity index (χ1) is 14.2. The first-order valence-corrected chi connectivity index (χ1v) is 9.57. The van der Waals surface area contributed by atoms with Gasteiger partial charge in [-0.15, -0.1) is 0 Å². The number of para-hydroxylation sites is 1. The van der Waals surface area contributed by atoms with E-state index in [4.69, 9.17) is 5.10 Å². The average molecular weight is 384 g/mol. The fraction of sp³-hybridized carbons (Fsp3) is 0.125. The Morgan fingerprint density at radius 2 is 1.66 bits per heavy atom. The van der Waals surface area contributed by atoms with Crippen LogP contribution >= 0.6 is 0 Å². The third-order valence-electron chi connectivity index (χ3n) is 4.87. The number of nitrogens with one attached hydrogen (secondary N) is 1. The standard InChI is InChI=1S/C24H22N3O2/c28-24(29)22(15-18-9-3-1-4-10-18)25-16-20-17-27(21-13-5-2-6-14-21)26-23(20)19-11-7-8-12-19/h1-14,17,22,25H,15-16H2,(H,28,29)/t22-/m1/s1. The fourth-order valence-corrected chi connectivity index (χ4v) is 3.36. The lowest BCUT2D eigenvalue weighted by Gasteiger charge is -2.15. The topological polar surface area (TPSA) is 67.2 Å². The second kappa shape index (κ2) is 9.05. The smallest absolute Gasteiger partial charge is 0.321 e. The summed E-state index contributed by atoms with van der Waals surface area (Å²) in [7, 11) is 0. The first kappa shape index (κ1) is 19.4. The molecule has 5 radical (unpaired) electrons. The molecule has 0 amide bonds. The zero-order valence-electron chi connectivity index (χ0n) is 15.9. The zero-order chi connectivity index (χ0) is 20.1. The van der Waals surface area contributed by atoms with Crippen molar-refractivity contribution in [2.75, 3.05) is 0 Å². The van der Waals surface area contributed by atoms with Crippen molar-refractivity contribution in [2.24, 2.45) is 0 Å². The molecule has 1 heterocycles. The van der Waals surface area contributed by atoms with Gasteiger partial charge < -0.3 is 5.11 Å². The van der Waals surface area contributed by atoms with Crippen LogP contribution in [0.1, 0.15) is 16.8 Å². The summed E-state index contributed by atoms with van der Waals surface area (Å²) in [5.41, 5.74) is 3.77. The highest BCUT2D eigenvalue weighted by atomic mass is 16.4. The van der Waals surface area contributed by atoms with Gasteiger partial charge in [0.2, 0.25) is 0 Å². The molecule has 4 rings (SSSR count). The van der Waals surface area contributed by atoms with Gasteiger partial charge in [0.05, 0.1) is 11.4 Å². The molecule has 0 aliphatic heterocycles. The second-order valence-corrected chi connectivity index (χ2v) is 6.92. The van der Waals surface area contributed by atoms with Crippen LogP contribution in [-0.4, -0.2) is 26.9 Å². The molecule has 2 N–H and O–H groups in total. The molecule has 3 aromatic rings. The van der Waals surface area contributed by atoms with Crippen molar-refractivity contribution in [3.63, 3.8) is 0 Å². The molecule has 1 aliphatic carbocycles. The highest BCUT2D eigenvalue weighted by molar-refractivity contribution is 5.74. The first-order valence-electron chi connectivity index (χ1n) is 9.57. The van der Waals surface area contributed by atoms with E-state index in [-0.39, 0.29) is 0 Å². The van der Waals surface area contributed by atoms with Gasteiger partial charge in [0.25, 0.3) is 0 Å². The second-order valence-electron chi connectivity index (χ2n) is 6.92. The van der Waals surface area contributed by atoms with E-state index < -0.39 is 12.0 Å². The maximum absolute atomic E-state index is 11.8. The summed E-state index contributed by atoms with van der Waals surface area (Å²) in [5, 5.41) is 17.6. The predicted molar refractivity (Wildman–Crippen MR) is 112 cm³/mol. The maximum atomic E-state index is 11.8. The number of carboxylic acids is 1. The number of carboxylic acid groups (broad SMARTS) is 1. The number of rotatable bonds is 8. The number of aliphatic carboxylic acids is 1. The SMILES string of the molecule is O=C(O)[C@@H](Cc1ccccc1)NCc1cn(-c2ccccc2)nc1[C]1[CH][CH][CH][CH]1. The maximum Gasteiger partial charge on any atom is 0.321 e. The predicted octanol–water partition coefficient (Wildman–Crippen LogP) is 3.41. The van der Waals surface area contributed by atoms with E-state index in [1.165, 1.54) is 0 Å². The van der Waals surface area contributed by atoms with E-state index in [0.29, 0.717) is 13.0 Å². The van der Waals surface area contributed by atoms with Crippen LogP contribution in [0.5, 0.6) is 0 Å². The molecule has 5 nitrogen and oxygen atoms in total. The molecule has 29 heavy (non-hydrogen) atoms. The number of carbonyl (C=O) groups is 1. The van der Waals surface area contributed by atoms with Gasteiger partial charge in [-0.1, -0.05) is 48.5 Å². The number of benzene rings is 2. The molecule has 0 unspecified atom stereocenters. The molecule has 1 saturated carbocycles. The molecule has 1 fully saturated rings. The van der Waals surface area contributed by atoms with E-state index in [1.807, 2.05) is 97.2 Å². The quantitative estimate of drug-likeness (QED) is 0.625. The van der Waals surface area contributed by atoms with E-state index in [2.05, 4.69) is 5.32 Å². The molecule has 1 atom stereocenters. The van der Waals surface area contributed by atoms with Gasteiger partial charge in [0, 0.05) is 24.2 Å². The van der Waals surface area contributed by atoms with Crippen molar-refractivity contribution >= 4 is 5.97 Å². The van der Waals surface area contributed by atoms with Gasteiger partial charge in [0.15, 0.2) is 0 Å². The van der Waals surface area contributed by atoms with Crippen LogP contribution in [-0.2, 0) is 17.8 Å². The Hall–Kier alpha value is -2.92. The highest BCUT2D eigenvalue weighted by Gasteiger charge is 2.26. The van der Waals surface area contributed by atoms with Crippen LogP contribution in [0, 0.1) is 31.6 Å². The Bertz CT molecular complexity index is 931. The van der Waals surface area contributed by atoms with E-state index >= 15 is 0 Å². The Morgan fingerprint density at radius 3 is 2.31 bits per heavy atom. The van der Waals surface area contributed by atoms with Crippen molar-refractivity contribution in [3.8, 4) is 5.69 Å². The lowest BCUT2D eigenvalue weighted by Crippen LogP contribution is -2.38. The molecule has 0 saturated heterocycles. The van der Waals surface area contributed by atoms with Gasteiger partial charge in [-0.05, 0) is 49.8 Å². The lowest BCUT2D eigenvalue weighted by atomic mass is 10.00. The summed E-state index contributed by atoms with van der Waals surface area (Å²) in [6, 6.07) is 18.9. The summed E-state index contributed by atoms with van der Waals surface area (Å²) in [6.45, 7) is 0.414. The number of nitrogens with zero attached hydrogens (tertiary/aromatic N) is 2. The van der Waals surface area contributed by atoms with Gasteiger partial charge >= 0.3 is 5.97 Å². The number of hydrogen-bond donors (Lipinski definition) is 2. The summed E-state index contributed by atoms with van der Waals surface area (Å²) in [4.78, 5) is 11.8. The molecule has 1 aromatic heterocycles. The van der Waals surface area contributed by atoms with Gasteiger partial charge in [-0.2, -0.15) is 5.10 Å². The van der Waals surface area contributed by atoms with Crippen LogP contribution < -0.4 is 5.32 Å². The molecule has 0 spiro atoms. The normalized spacial score (nSPS) is 15.4. The van der Waals surface area contributed by atoms with Gasteiger partial charge in [-0.25, -0.2) is 4.68 Å². The van der Waals surface area contributed by atoms with Crippen molar-refractivity contribution in [1.82, 2.24) is 15.1 Å². The number of aromatic nitrogens is 2. The summed E-state index contributed by atoms with van der Waals surface area (Å²) in [6.07, 6.45) is 10.4. The minimum Gasteiger partial charge on any atom is -0.480 e. The van der Waals surface area contributed by atoms with Gasteiger partial charge in [0.1, 0.15) is 6.04 Å². The number of hydrogen-bond acceptors (Lipinski definition) is 3. The Morgan fingerprint density at radius 1 is 1.00 bits per heavy atom. The van der Waals surface area contributed by atoms with E-state index in [9.17, 15) is 9.90 Å². The average Bonchev–Trinajstić information content (AvgIpc) is 3.42. The molecule has 145 valence electrons. The molecule has 0 bridgehead atoms. The Balaban J connectivity index is 1.54. The molecular weight excluding hydrogens is 362 g/mol. The molecule has 5 heteroatoms. The van der Waals surface area contributed by atoms with E-state index in [1.54, 1.807) is 0 Å². The third-order valence-corrected chi connectivity index (χ3v) is 4.87. The summed E-state index contributed by atoms with van der Waals surface area (Å²) < 4.78 is 1.84. The highest BCUT2D eigenvalue weighted by Crippen LogP contribution is 2.31. The largest absolute Gasteiger partial charge is 0.480 e. The van der Waals surface area contributed by atoms with Crippen LogP contribution in [0.25, 0.3) is 5.69 Å². The van der Waals surface area contributed by atoms with Crippen LogP contribution in [0.2, 0.25) is 0 Å². The minimum atomic E-state index is -0.862. The van der Waals surface area contributed by atoms with Crippen LogP contribution in [0.3, 0.4) is 0 Å². The Labute approximate surface area is 171 Å². The van der Waals surface area contributed by atoms with Crippen molar-refractivity contribution in [2.45, 2.75) is 19.0 Å². The molecular formula is C24H22N3O2. The van der Waals surface area contributed by atoms with E-state index in [0.717, 1.165) is 28.4 Å². The fourth-order valence-electron chi connectivity index (χ4n) is 3.36. The van der Waals surface area contributed by atoms with Crippen LogP contribution in [0.15, 0.2) is 66.9 Å². The van der Waals surface area contributed by atoms with Crippen LogP contribution in [0.4, 0.5) is 0 Å². The molecule has 1 aliphatic rings. The molecule has 2 aromatic carbocycles. The van der Waals surface area contributed by atoms with Crippen molar-refractivity contribution in [1.29, 1.82) is 0 Å². The zero-order valence-corrected chi connectivity index (χ0v) is 15.9. The summed E-state index contributed by atoms with van der Waals surface area (Å²) in [5.74, 6) is 0.158.